The predicted molar refractivity (Wildman–Crippen MR) is 82.4 cm³/mol. The van der Waals surface area contributed by atoms with Crippen LogP contribution in [0.1, 0.15) is 38.3 Å². The minimum Gasteiger partial charge on any atom is -0.468 e. The maximum absolute atomic E-state index is 12.3. The normalized spacial score (nSPS) is 25.2. The summed E-state index contributed by atoms with van der Waals surface area (Å²) >= 11 is 6.03. The van der Waals surface area contributed by atoms with Gasteiger partial charge in [0.15, 0.2) is 0 Å². The van der Waals surface area contributed by atoms with Crippen molar-refractivity contribution < 1.29 is 9.53 Å². The predicted octanol–water partition coefficient (Wildman–Crippen LogP) is 2.56. The first kappa shape index (κ1) is 16.3. The zero-order valence-electron chi connectivity index (χ0n) is 13.0. The molecule has 0 saturated heterocycles. The first-order chi connectivity index (χ1) is 10.0. The van der Waals surface area contributed by atoms with Crippen LogP contribution in [0.3, 0.4) is 0 Å². The average molecular weight is 314 g/mol. The molecular weight excluding hydrogens is 290 g/mol. The van der Waals surface area contributed by atoms with Crippen molar-refractivity contribution >= 4 is 17.6 Å². The van der Waals surface area contributed by atoms with Gasteiger partial charge in [0.1, 0.15) is 5.54 Å². The lowest BCUT2D eigenvalue weighted by Crippen LogP contribution is -2.55. The molecular formula is C15H24ClN3O2. The molecule has 1 aromatic heterocycles. The molecule has 1 heterocycles. The third-order valence-corrected chi connectivity index (χ3v) is 4.83. The number of rotatable bonds is 6. The summed E-state index contributed by atoms with van der Waals surface area (Å²) in [6.45, 7) is 5.45. The van der Waals surface area contributed by atoms with Crippen molar-refractivity contribution in [2.45, 2.75) is 51.6 Å². The van der Waals surface area contributed by atoms with Crippen LogP contribution in [-0.2, 0) is 16.1 Å². The highest BCUT2D eigenvalue weighted by molar-refractivity contribution is 6.31. The number of hydrogen-bond donors (Lipinski definition) is 1. The average Bonchev–Trinajstić information content (AvgIpc) is 3.01. The van der Waals surface area contributed by atoms with E-state index in [0.717, 1.165) is 44.5 Å². The number of nitrogens with zero attached hydrogens (tertiary/aromatic N) is 2. The van der Waals surface area contributed by atoms with E-state index in [-0.39, 0.29) is 11.9 Å². The summed E-state index contributed by atoms with van der Waals surface area (Å²) in [5.41, 5.74) is 0.309. The minimum atomic E-state index is -0.532. The number of likely N-dealkylation sites (N-methyl/N-ethyl adjacent to an activating group) is 1. The Morgan fingerprint density at radius 2 is 2.43 bits per heavy atom. The second kappa shape index (κ2) is 6.79. The van der Waals surface area contributed by atoms with Crippen molar-refractivity contribution in [3.8, 4) is 0 Å². The fourth-order valence-corrected chi connectivity index (χ4v) is 3.59. The molecule has 2 unspecified atom stereocenters. The van der Waals surface area contributed by atoms with Crippen LogP contribution in [0.5, 0.6) is 0 Å². The Bertz CT molecular complexity index is 484. The number of aryl methyl sites for hydroxylation is 2. The molecule has 1 fully saturated rings. The third kappa shape index (κ3) is 3.24. The molecule has 21 heavy (non-hydrogen) atoms. The zero-order valence-corrected chi connectivity index (χ0v) is 13.7. The van der Waals surface area contributed by atoms with Crippen LogP contribution in [0.2, 0.25) is 5.02 Å². The molecule has 0 amide bonds. The highest BCUT2D eigenvalue weighted by Gasteiger charge is 2.48. The van der Waals surface area contributed by atoms with Gasteiger partial charge in [0.2, 0.25) is 0 Å². The number of hydrogen-bond acceptors (Lipinski definition) is 4. The van der Waals surface area contributed by atoms with E-state index < -0.39 is 5.54 Å². The summed E-state index contributed by atoms with van der Waals surface area (Å²) in [5.74, 6) is 0.134. The number of esters is 1. The van der Waals surface area contributed by atoms with Gasteiger partial charge in [-0.1, -0.05) is 24.9 Å². The molecule has 0 bridgehead atoms. The summed E-state index contributed by atoms with van der Waals surface area (Å²) < 4.78 is 6.92. The molecule has 0 aromatic carbocycles. The van der Waals surface area contributed by atoms with E-state index in [1.807, 2.05) is 24.7 Å². The van der Waals surface area contributed by atoms with Gasteiger partial charge in [-0.15, -0.1) is 0 Å². The van der Waals surface area contributed by atoms with Crippen LogP contribution in [-0.4, -0.2) is 34.9 Å². The molecule has 1 aliphatic rings. The van der Waals surface area contributed by atoms with Gasteiger partial charge in [0.05, 0.1) is 17.8 Å². The molecule has 2 atom stereocenters. The van der Waals surface area contributed by atoms with Crippen molar-refractivity contribution in [3.05, 3.63) is 16.9 Å². The van der Waals surface area contributed by atoms with Crippen LogP contribution in [0.4, 0.5) is 0 Å². The summed E-state index contributed by atoms with van der Waals surface area (Å²) in [6.07, 6.45) is 5.66. The van der Waals surface area contributed by atoms with Crippen molar-refractivity contribution in [3.63, 3.8) is 0 Å². The standard InChI is InChI=1S/C15H24ClN3O2/c1-4-17-15(14(20)21-3)8-5-6-12(15)7-9-19-10-13(16)11(2)18-19/h10,12,17H,4-9H2,1-3H3. The van der Waals surface area contributed by atoms with Gasteiger partial charge in [-0.3, -0.25) is 9.48 Å². The number of carbonyl (C=O) groups is 1. The number of methoxy groups -OCH3 is 1. The van der Waals surface area contributed by atoms with Gasteiger partial charge >= 0.3 is 5.97 Å². The first-order valence-electron chi connectivity index (χ1n) is 7.56. The quantitative estimate of drug-likeness (QED) is 0.820. The largest absolute Gasteiger partial charge is 0.468 e. The van der Waals surface area contributed by atoms with Gasteiger partial charge in [-0.05, 0) is 38.6 Å². The van der Waals surface area contributed by atoms with Crippen LogP contribution in [0.25, 0.3) is 0 Å². The number of carbonyl (C=O) groups excluding carboxylic acids is 1. The maximum Gasteiger partial charge on any atom is 0.326 e. The molecule has 2 rings (SSSR count). The second-order valence-corrected chi connectivity index (χ2v) is 6.10. The Morgan fingerprint density at radius 1 is 1.67 bits per heavy atom. The van der Waals surface area contributed by atoms with Gasteiger partial charge < -0.3 is 10.1 Å². The number of aromatic nitrogens is 2. The second-order valence-electron chi connectivity index (χ2n) is 5.70. The minimum absolute atomic E-state index is 0.137. The van der Waals surface area contributed by atoms with Crippen LogP contribution in [0, 0.1) is 12.8 Å². The van der Waals surface area contributed by atoms with E-state index in [9.17, 15) is 4.79 Å². The Morgan fingerprint density at radius 3 is 3.00 bits per heavy atom. The summed E-state index contributed by atoms with van der Waals surface area (Å²) in [6, 6.07) is 0. The van der Waals surface area contributed by atoms with Crippen molar-refractivity contribution in [2.24, 2.45) is 5.92 Å². The summed E-state index contributed by atoms with van der Waals surface area (Å²) in [5, 5.41) is 8.45. The summed E-state index contributed by atoms with van der Waals surface area (Å²) in [4.78, 5) is 12.3. The lowest BCUT2D eigenvalue weighted by atomic mass is 9.84. The van der Waals surface area contributed by atoms with Crippen molar-refractivity contribution in [1.29, 1.82) is 0 Å². The van der Waals surface area contributed by atoms with E-state index in [0.29, 0.717) is 5.02 Å². The van der Waals surface area contributed by atoms with Crippen molar-refractivity contribution in [1.82, 2.24) is 15.1 Å². The van der Waals surface area contributed by atoms with E-state index in [4.69, 9.17) is 16.3 Å². The van der Waals surface area contributed by atoms with Gasteiger partial charge in [0.25, 0.3) is 0 Å². The van der Waals surface area contributed by atoms with Crippen LogP contribution in [0.15, 0.2) is 6.20 Å². The Labute approximate surface area is 131 Å². The fourth-order valence-electron chi connectivity index (χ4n) is 3.44. The molecule has 0 spiro atoms. The molecule has 5 nitrogen and oxygen atoms in total. The van der Waals surface area contributed by atoms with E-state index in [2.05, 4.69) is 10.4 Å². The fraction of sp³-hybridized carbons (Fsp3) is 0.733. The SMILES string of the molecule is CCNC1(C(=O)OC)CCCC1CCn1cc(Cl)c(C)n1. The zero-order chi connectivity index (χ0) is 15.5. The Hall–Kier alpha value is -1.07. The van der Waals surface area contributed by atoms with Crippen LogP contribution >= 0.6 is 11.6 Å². The first-order valence-corrected chi connectivity index (χ1v) is 7.94. The molecule has 1 N–H and O–H groups in total. The van der Waals surface area contributed by atoms with Gasteiger partial charge in [-0.2, -0.15) is 5.10 Å². The molecule has 6 heteroatoms. The monoisotopic (exact) mass is 313 g/mol. The number of nitrogens with one attached hydrogen (secondary N) is 1. The van der Waals surface area contributed by atoms with E-state index >= 15 is 0 Å². The molecule has 1 saturated carbocycles. The molecule has 1 aromatic rings. The maximum atomic E-state index is 12.3. The molecule has 0 radical (unpaired) electrons. The summed E-state index contributed by atoms with van der Waals surface area (Å²) in [7, 11) is 1.47. The number of halogens is 1. The molecule has 0 aliphatic heterocycles. The highest BCUT2D eigenvalue weighted by atomic mass is 35.5. The lowest BCUT2D eigenvalue weighted by Gasteiger charge is -2.33. The Kier molecular flexibility index (Phi) is 5.27. The van der Waals surface area contributed by atoms with Crippen LogP contribution < -0.4 is 5.32 Å². The van der Waals surface area contributed by atoms with Gasteiger partial charge in [-0.25, -0.2) is 0 Å². The molecule has 118 valence electrons. The van der Waals surface area contributed by atoms with Crippen molar-refractivity contribution in [2.75, 3.05) is 13.7 Å². The third-order valence-electron chi connectivity index (χ3n) is 4.46. The highest BCUT2D eigenvalue weighted by Crippen LogP contribution is 2.39. The smallest absolute Gasteiger partial charge is 0.326 e. The topological polar surface area (TPSA) is 56.1 Å². The van der Waals surface area contributed by atoms with E-state index in [1.165, 1.54) is 7.11 Å². The molecule has 1 aliphatic carbocycles. The number of ether oxygens (including phenoxy) is 1. The Balaban J connectivity index is 2.07. The lowest BCUT2D eigenvalue weighted by molar-refractivity contribution is -0.150. The van der Waals surface area contributed by atoms with Gasteiger partial charge in [0, 0.05) is 12.7 Å². The van der Waals surface area contributed by atoms with E-state index in [1.54, 1.807) is 0 Å².